The van der Waals surface area contributed by atoms with E-state index in [9.17, 15) is 37.2 Å². The lowest BCUT2D eigenvalue weighted by Gasteiger charge is -2.40. The van der Waals surface area contributed by atoms with Crippen LogP contribution in [0.15, 0.2) is 0 Å². The Labute approximate surface area is 238 Å². The number of hydroxylamine groups is 2. The number of carbonyl (C=O) groups is 3. The predicted molar refractivity (Wildman–Crippen MR) is 141 cm³/mol. The fraction of sp³-hybridized carbons (Fsp3) is 0.690. The van der Waals surface area contributed by atoms with Crippen LogP contribution in [0.5, 0.6) is 0 Å². The van der Waals surface area contributed by atoms with Crippen molar-refractivity contribution in [3.63, 3.8) is 0 Å². The summed E-state index contributed by atoms with van der Waals surface area (Å²) < 4.78 is 56.0. The minimum Gasteiger partial charge on any atom is -0.344 e. The fourth-order valence-corrected chi connectivity index (χ4v) is 6.50. The summed E-state index contributed by atoms with van der Waals surface area (Å²) in [5.74, 6) is -7.32. The van der Waals surface area contributed by atoms with Crippen LogP contribution in [0.3, 0.4) is 0 Å². The van der Waals surface area contributed by atoms with Gasteiger partial charge in [-0.25, -0.2) is 22.6 Å². The average Bonchev–Trinajstić information content (AvgIpc) is 3.63. The fourth-order valence-electron chi connectivity index (χ4n) is 6.50. The lowest BCUT2D eigenvalue weighted by Crippen LogP contribution is -2.58. The number of hydrogen-bond acceptors (Lipinski definition) is 5. The van der Waals surface area contributed by atoms with Crippen LogP contribution in [0, 0.1) is 40.5 Å². The molecule has 3 aliphatic rings. The zero-order valence-corrected chi connectivity index (χ0v) is 23.9. The van der Waals surface area contributed by atoms with E-state index in [-0.39, 0.29) is 55.0 Å². The van der Waals surface area contributed by atoms with Crippen molar-refractivity contribution in [2.24, 2.45) is 17.3 Å². The van der Waals surface area contributed by atoms with E-state index in [1.54, 1.807) is 9.80 Å². The van der Waals surface area contributed by atoms with Gasteiger partial charge in [0, 0.05) is 43.3 Å². The van der Waals surface area contributed by atoms with E-state index in [4.69, 9.17) is 0 Å². The number of piperidine rings is 1. The number of nitrogens with one attached hydrogen (secondary N) is 1. The third kappa shape index (κ3) is 6.85. The molecule has 0 spiro atoms. The van der Waals surface area contributed by atoms with Gasteiger partial charge in [0.25, 0.3) is 0 Å². The number of likely N-dealkylation sites (tertiary alicyclic amines) is 1. The maximum absolute atomic E-state index is 14.3. The topological polar surface area (TPSA) is 93.2 Å². The van der Waals surface area contributed by atoms with Gasteiger partial charge in [-0.3, -0.25) is 24.5 Å². The summed E-state index contributed by atoms with van der Waals surface area (Å²) in [6.45, 7) is 5.99. The zero-order chi connectivity index (χ0) is 30.1. The number of halogens is 4. The van der Waals surface area contributed by atoms with Crippen molar-refractivity contribution < 1.29 is 37.2 Å². The van der Waals surface area contributed by atoms with Gasteiger partial charge < -0.3 is 10.2 Å². The molecule has 2 N–H and O–H groups in total. The van der Waals surface area contributed by atoms with Crippen molar-refractivity contribution in [1.82, 2.24) is 20.2 Å². The van der Waals surface area contributed by atoms with E-state index in [0.29, 0.717) is 43.3 Å². The molecular formula is C29H40F4N4O4. The quantitative estimate of drug-likeness (QED) is 0.114. The van der Waals surface area contributed by atoms with Gasteiger partial charge in [-0.1, -0.05) is 46.5 Å². The van der Waals surface area contributed by atoms with E-state index in [0.717, 1.165) is 25.7 Å². The van der Waals surface area contributed by atoms with Gasteiger partial charge in [0.05, 0.1) is 12.5 Å². The number of rotatable bonds is 9. The Morgan fingerprint density at radius 1 is 0.976 bits per heavy atom. The van der Waals surface area contributed by atoms with Gasteiger partial charge in [0.15, 0.2) is 23.3 Å². The maximum Gasteiger partial charge on any atom is 0.245 e. The van der Waals surface area contributed by atoms with Crippen molar-refractivity contribution in [2.75, 3.05) is 19.6 Å². The van der Waals surface area contributed by atoms with Crippen molar-refractivity contribution in [1.29, 1.82) is 0 Å². The van der Waals surface area contributed by atoms with Crippen molar-refractivity contribution >= 4 is 18.2 Å². The monoisotopic (exact) mass is 584 g/mol. The summed E-state index contributed by atoms with van der Waals surface area (Å²) >= 11 is 0. The first-order chi connectivity index (χ1) is 19.3. The van der Waals surface area contributed by atoms with Gasteiger partial charge in [-0.2, -0.15) is 0 Å². The van der Waals surface area contributed by atoms with Gasteiger partial charge in [-0.05, 0) is 30.6 Å². The first-order valence-corrected chi connectivity index (χ1v) is 14.4. The van der Waals surface area contributed by atoms with Crippen LogP contribution in [0.4, 0.5) is 17.6 Å². The summed E-state index contributed by atoms with van der Waals surface area (Å²) in [4.78, 5) is 41.6. The molecule has 1 saturated carbocycles. The molecule has 4 rings (SSSR count). The Balaban J connectivity index is 1.39. The van der Waals surface area contributed by atoms with Crippen LogP contribution in [0.25, 0.3) is 0 Å². The van der Waals surface area contributed by atoms with E-state index in [2.05, 4.69) is 5.32 Å². The first-order valence-electron chi connectivity index (χ1n) is 14.4. The van der Waals surface area contributed by atoms with Crippen molar-refractivity contribution in [2.45, 2.75) is 90.9 Å². The van der Waals surface area contributed by atoms with E-state index < -0.39 is 40.6 Å². The summed E-state index contributed by atoms with van der Waals surface area (Å²) in [6.07, 6.45) is 5.88. The number of hydrogen-bond donors (Lipinski definition) is 2. The second kappa shape index (κ2) is 12.6. The molecule has 2 heterocycles. The molecule has 41 heavy (non-hydrogen) atoms. The standard InChI is InChI=1S/C29H40F4N4O4/c1-29(2,3)26(34-27(39)18(13-37(41)16-38)12-17-6-4-5-7-17)28(40)35-10-8-19(9-11-35)36-14-20-21(15-36)23(31)25(33)24(32)22(20)30/h16-19,26,41H,4-15H2,1-3H3,(H,34,39)/t18-,26-/m1/s1. The van der Waals surface area contributed by atoms with E-state index >= 15 is 0 Å². The summed E-state index contributed by atoms with van der Waals surface area (Å²) in [6, 6.07) is -1.00. The SMILES string of the molecule is CC(C)(C)[C@H](NC(=O)[C@H](CC1CCCC1)CN(O)C=O)C(=O)N1CCC(N2Cc3c(F)c(F)c(F)c(F)c3C2)CC1. The van der Waals surface area contributed by atoms with E-state index in [1.807, 2.05) is 20.8 Å². The molecular weight excluding hydrogens is 544 g/mol. The van der Waals surface area contributed by atoms with Crippen LogP contribution >= 0.6 is 0 Å². The molecule has 12 heteroatoms. The molecule has 2 atom stereocenters. The molecule has 0 unspecified atom stereocenters. The highest BCUT2D eigenvalue weighted by Crippen LogP contribution is 2.35. The van der Waals surface area contributed by atoms with Gasteiger partial charge in [0.2, 0.25) is 18.2 Å². The van der Waals surface area contributed by atoms with Crippen LogP contribution < -0.4 is 5.32 Å². The molecule has 0 bridgehead atoms. The number of benzene rings is 1. The summed E-state index contributed by atoms with van der Waals surface area (Å²) in [7, 11) is 0. The molecule has 0 radical (unpaired) electrons. The Morgan fingerprint density at radius 3 is 2.00 bits per heavy atom. The average molecular weight is 585 g/mol. The first kappa shape index (κ1) is 31.2. The third-order valence-electron chi connectivity index (χ3n) is 8.88. The molecule has 1 aromatic rings. The Morgan fingerprint density at radius 2 is 1.51 bits per heavy atom. The Bertz CT molecular complexity index is 1110. The molecule has 1 aliphatic carbocycles. The molecule has 1 aromatic carbocycles. The number of amides is 3. The van der Waals surface area contributed by atoms with Gasteiger partial charge in [-0.15, -0.1) is 0 Å². The van der Waals surface area contributed by atoms with Crippen LogP contribution in [-0.4, -0.2) is 70.0 Å². The number of carbonyl (C=O) groups excluding carboxylic acids is 3. The van der Waals surface area contributed by atoms with Crippen molar-refractivity contribution in [3.05, 3.63) is 34.4 Å². The molecule has 0 aromatic heterocycles. The summed E-state index contributed by atoms with van der Waals surface area (Å²) in [5, 5.41) is 13.2. The smallest absolute Gasteiger partial charge is 0.245 e. The number of nitrogens with zero attached hydrogens (tertiary/aromatic N) is 3. The second-order valence-corrected chi connectivity index (χ2v) is 12.8. The molecule has 228 valence electrons. The minimum atomic E-state index is -1.80. The normalized spacial score (nSPS) is 20.1. The Kier molecular flexibility index (Phi) is 9.63. The second-order valence-electron chi connectivity index (χ2n) is 12.8. The highest BCUT2D eigenvalue weighted by atomic mass is 19.2. The van der Waals surface area contributed by atoms with E-state index in [1.165, 1.54) is 0 Å². The van der Waals surface area contributed by atoms with Crippen LogP contribution in [0.1, 0.15) is 76.8 Å². The van der Waals surface area contributed by atoms with Gasteiger partial charge in [0.1, 0.15) is 6.04 Å². The minimum absolute atomic E-state index is 0.0420. The van der Waals surface area contributed by atoms with Crippen LogP contribution in [-0.2, 0) is 27.5 Å². The molecule has 8 nitrogen and oxygen atoms in total. The predicted octanol–water partition coefficient (Wildman–Crippen LogP) is 4.12. The number of fused-ring (bicyclic) bond motifs is 1. The largest absolute Gasteiger partial charge is 0.344 e. The molecule has 2 fully saturated rings. The lowest BCUT2D eigenvalue weighted by atomic mass is 9.84. The lowest BCUT2D eigenvalue weighted by molar-refractivity contribution is -0.156. The molecule has 2 aliphatic heterocycles. The maximum atomic E-state index is 14.3. The third-order valence-corrected chi connectivity index (χ3v) is 8.88. The van der Waals surface area contributed by atoms with Gasteiger partial charge >= 0.3 is 0 Å². The molecule has 3 amide bonds. The van der Waals surface area contributed by atoms with Crippen molar-refractivity contribution in [3.8, 4) is 0 Å². The Hall–Kier alpha value is -2.73. The summed E-state index contributed by atoms with van der Waals surface area (Å²) in [5.41, 5.74) is -0.970. The molecule has 1 saturated heterocycles. The highest BCUT2D eigenvalue weighted by Gasteiger charge is 2.40. The zero-order valence-electron chi connectivity index (χ0n) is 23.9. The van der Waals surface area contributed by atoms with Crippen LogP contribution in [0.2, 0.25) is 0 Å². The highest BCUT2D eigenvalue weighted by molar-refractivity contribution is 5.89.